The Morgan fingerprint density at radius 1 is 1.00 bits per heavy atom. The molecule has 0 bridgehead atoms. The molecule has 1 N–H and O–H groups in total. The fourth-order valence-electron chi connectivity index (χ4n) is 6.16. The molecule has 18 heteroatoms. The van der Waals surface area contributed by atoms with E-state index in [1.54, 1.807) is 22.8 Å². The minimum atomic E-state index is -1.35. The van der Waals surface area contributed by atoms with E-state index in [0.717, 1.165) is 22.3 Å². The molecule has 18 nitrogen and oxygen atoms in total. The molecule has 5 aromatic rings. The lowest BCUT2D eigenvalue weighted by Gasteiger charge is -2.19. The second-order valence-electron chi connectivity index (χ2n) is 11.5. The normalized spacial score (nSPS) is 20.0. The summed E-state index contributed by atoms with van der Waals surface area (Å²) in [5, 5.41) is 24.0. The maximum absolute atomic E-state index is 13.5. The van der Waals surface area contributed by atoms with Crippen molar-refractivity contribution in [1.29, 1.82) is 0 Å². The van der Waals surface area contributed by atoms with Crippen LogP contribution in [0.2, 0.25) is 0 Å². The molecule has 0 radical (unpaired) electrons. The van der Waals surface area contributed by atoms with E-state index in [2.05, 4.69) is 30.4 Å². The molecule has 5 atom stereocenters. The van der Waals surface area contributed by atoms with Crippen LogP contribution in [0.4, 0.5) is 4.79 Å². The zero-order valence-electron chi connectivity index (χ0n) is 27.2. The Hall–Kier alpha value is -6.14. The summed E-state index contributed by atoms with van der Waals surface area (Å²) in [5.74, 6) is -0.222. The molecular formula is C33H31N7O11. The zero-order chi connectivity index (χ0) is 35.5. The second-order valence-corrected chi connectivity index (χ2v) is 11.5. The van der Waals surface area contributed by atoms with E-state index in [9.17, 15) is 19.7 Å². The fraction of sp³-hybridized carbons (Fsp3) is 0.333. The summed E-state index contributed by atoms with van der Waals surface area (Å²) in [6.07, 6.45) is -5.90. The molecule has 0 aliphatic carbocycles. The van der Waals surface area contributed by atoms with E-state index in [1.165, 1.54) is 6.92 Å². The Bertz CT molecular complexity index is 2040. The molecule has 4 heterocycles. The van der Waals surface area contributed by atoms with Crippen LogP contribution < -0.4 is 4.74 Å². The molecule has 264 valence electrons. The first kappa shape index (κ1) is 33.4. The van der Waals surface area contributed by atoms with Crippen molar-refractivity contribution >= 4 is 23.2 Å². The number of hydrogen-bond donors (Lipinski definition) is 1. The van der Waals surface area contributed by atoms with E-state index in [-0.39, 0.29) is 18.8 Å². The van der Waals surface area contributed by atoms with Crippen molar-refractivity contribution in [3.05, 3.63) is 88.0 Å². The monoisotopic (exact) mass is 701 g/mol. The molecular weight excluding hydrogens is 670 g/mol. The van der Waals surface area contributed by atoms with Crippen LogP contribution in [0.5, 0.6) is 6.01 Å². The van der Waals surface area contributed by atoms with Gasteiger partial charge in [-0.3, -0.25) is 4.57 Å². The first-order valence-corrected chi connectivity index (χ1v) is 16.0. The van der Waals surface area contributed by atoms with Crippen LogP contribution in [-0.2, 0) is 35.1 Å². The molecule has 2 aliphatic heterocycles. The number of imidazole rings is 1. The summed E-state index contributed by atoms with van der Waals surface area (Å²) in [5.41, 5.74) is 4.79. The molecule has 2 saturated heterocycles. The quantitative estimate of drug-likeness (QED) is 0.0849. The SMILES string of the molecule is CCOc1nc2cccc(C(=O)O[C@H](C)OC(=O)OC3CO[C@H]4[C@@H]3OC[C@H]4O[N+](=O)[O-])c2n1Cc1ccc(-c2ccccc2-c2nnn[nH]2)cc1. The van der Waals surface area contributed by atoms with Gasteiger partial charge in [0, 0.05) is 12.5 Å². The van der Waals surface area contributed by atoms with Crippen molar-refractivity contribution in [3.8, 4) is 28.5 Å². The maximum Gasteiger partial charge on any atom is 0.511 e. The van der Waals surface area contributed by atoms with Gasteiger partial charge in [-0.1, -0.05) is 54.6 Å². The molecule has 3 aromatic carbocycles. The number of hydrogen-bond acceptors (Lipinski definition) is 15. The predicted octanol–water partition coefficient (Wildman–Crippen LogP) is 3.73. The highest BCUT2D eigenvalue weighted by molar-refractivity contribution is 6.02. The van der Waals surface area contributed by atoms with E-state index in [4.69, 9.17) is 28.4 Å². The van der Waals surface area contributed by atoms with Gasteiger partial charge in [0.25, 0.3) is 11.1 Å². The largest absolute Gasteiger partial charge is 0.511 e. The van der Waals surface area contributed by atoms with Gasteiger partial charge in [0.2, 0.25) is 6.29 Å². The maximum atomic E-state index is 13.5. The van der Waals surface area contributed by atoms with Crippen molar-refractivity contribution in [2.75, 3.05) is 19.8 Å². The first-order chi connectivity index (χ1) is 24.8. The van der Waals surface area contributed by atoms with Gasteiger partial charge in [0.05, 0.1) is 43.0 Å². The molecule has 2 aromatic heterocycles. The summed E-state index contributed by atoms with van der Waals surface area (Å²) in [7, 11) is 0. The predicted molar refractivity (Wildman–Crippen MR) is 173 cm³/mol. The van der Waals surface area contributed by atoms with Crippen LogP contribution in [0.15, 0.2) is 66.7 Å². The third kappa shape index (κ3) is 6.99. The lowest BCUT2D eigenvalue weighted by molar-refractivity contribution is -0.769. The molecule has 0 spiro atoms. The Labute approximate surface area is 288 Å². The van der Waals surface area contributed by atoms with Crippen LogP contribution in [0.25, 0.3) is 33.5 Å². The molecule has 7 rings (SSSR count). The number of aromatic amines is 1. The number of nitrogens with zero attached hydrogens (tertiary/aromatic N) is 6. The van der Waals surface area contributed by atoms with Crippen molar-refractivity contribution in [2.45, 2.75) is 51.1 Å². The van der Waals surface area contributed by atoms with Crippen LogP contribution >= 0.6 is 0 Å². The number of para-hydroxylation sites is 1. The minimum absolute atomic E-state index is 0.0826. The molecule has 2 fully saturated rings. The standard InChI is InChI=1S/C33H31N7O11/c1-3-45-32-34-24-10-6-9-23(31(41)48-18(2)49-33(42)50-25-16-46-29-26(51-40(43)44)17-47-28(25)29)27(24)39(32)15-19-11-13-20(14-12-19)21-7-4-5-8-22(21)30-35-37-38-36-30/h4-14,18,25-26,28-29H,3,15-17H2,1-2H3,(H,35,36,37,38)/t18-,25?,26+,28+,29+/m0/s1. The Morgan fingerprint density at radius 3 is 2.47 bits per heavy atom. The highest BCUT2D eigenvalue weighted by atomic mass is 17.0. The van der Waals surface area contributed by atoms with Crippen molar-refractivity contribution in [3.63, 3.8) is 0 Å². The average Bonchev–Trinajstić information content (AvgIpc) is 3.92. The van der Waals surface area contributed by atoms with Crippen LogP contribution in [-0.4, -0.2) is 97.9 Å². The Morgan fingerprint density at radius 2 is 1.75 bits per heavy atom. The number of carbonyl (C=O) groups excluding carboxylic acids is 2. The highest BCUT2D eigenvalue weighted by Gasteiger charge is 2.51. The summed E-state index contributed by atoms with van der Waals surface area (Å²) in [4.78, 5) is 46.0. The summed E-state index contributed by atoms with van der Waals surface area (Å²) < 4.78 is 34.6. The first-order valence-electron chi connectivity index (χ1n) is 16.0. The summed E-state index contributed by atoms with van der Waals surface area (Å²) >= 11 is 0. The van der Waals surface area contributed by atoms with E-state index in [0.29, 0.717) is 36.0 Å². The lowest BCUT2D eigenvalue weighted by Crippen LogP contribution is -2.36. The molecule has 51 heavy (non-hydrogen) atoms. The third-order valence-electron chi connectivity index (χ3n) is 8.32. The number of esters is 1. The third-order valence-corrected chi connectivity index (χ3v) is 8.32. The van der Waals surface area contributed by atoms with Gasteiger partial charge in [0.1, 0.15) is 12.2 Å². The molecule has 0 saturated carbocycles. The van der Waals surface area contributed by atoms with Crippen molar-refractivity contribution in [2.24, 2.45) is 0 Å². The van der Waals surface area contributed by atoms with Gasteiger partial charge in [-0.25, -0.2) is 14.7 Å². The van der Waals surface area contributed by atoms with Crippen LogP contribution in [0, 0.1) is 10.1 Å². The van der Waals surface area contributed by atoms with Crippen molar-refractivity contribution < 1.29 is 47.9 Å². The second kappa shape index (κ2) is 14.4. The minimum Gasteiger partial charge on any atom is -0.465 e. The van der Waals surface area contributed by atoms with Gasteiger partial charge in [0.15, 0.2) is 18.0 Å². The number of benzene rings is 3. The number of aromatic nitrogens is 6. The van der Waals surface area contributed by atoms with Gasteiger partial charge >= 0.3 is 12.1 Å². The number of carbonyl (C=O) groups is 2. The fourth-order valence-corrected chi connectivity index (χ4v) is 6.16. The lowest BCUT2D eigenvalue weighted by atomic mass is 9.98. The Kier molecular flexibility index (Phi) is 9.40. The number of rotatable bonds is 12. The van der Waals surface area contributed by atoms with E-state index >= 15 is 0 Å². The summed E-state index contributed by atoms with van der Waals surface area (Å²) in [6, 6.07) is 21.0. The van der Waals surface area contributed by atoms with Crippen molar-refractivity contribution in [1.82, 2.24) is 30.2 Å². The van der Waals surface area contributed by atoms with Gasteiger partial charge in [-0.05, 0) is 46.2 Å². The zero-order valence-corrected chi connectivity index (χ0v) is 27.2. The van der Waals surface area contributed by atoms with Crippen LogP contribution in [0.1, 0.15) is 29.8 Å². The number of fused-ring (bicyclic) bond motifs is 2. The average molecular weight is 702 g/mol. The number of tetrazole rings is 1. The van der Waals surface area contributed by atoms with Gasteiger partial charge in [-0.2, -0.15) is 4.98 Å². The molecule has 2 aliphatic rings. The van der Waals surface area contributed by atoms with E-state index < -0.39 is 47.9 Å². The topological polar surface area (TPSA) is 214 Å². The van der Waals surface area contributed by atoms with Crippen LogP contribution in [0.3, 0.4) is 0 Å². The van der Waals surface area contributed by atoms with Gasteiger partial charge in [-0.15, -0.1) is 15.2 Å². The molecule has 0 amide bonds. The number of nitrogens with one attached hydrogen (secondary N) is 1. The number of ether oxygens (including phenoxy) is 6. The highest BCUT2D eigenvalue weighted by Crippen LogP contribution is 2.33. The van der Waals surface area contributed by atoms with Gasteiger partial charge < -0.3 is 33.3 Å². The Balaban J connectivity index is 1.05. The summed E-state index contributed by atoms with van der Waals surface area (Å²) in [6.45, 7) is 3.66. The smallest absolute Gasteiger partial charge is 0.465 e. The van der Waals surface area contributed by atoms with E-state index in [1.807, 2.05) is 55.5 Å². The molecule has 1 unspecified atom stereocenters. The number of H-pyrrole nitrogens is 1.